The summed E-state index contributed by atoms with van der Waals surface area (Å²) in [5, 5.41) is 9.46. The van der Waals surface area contributed by atoms with Crippen LogP contribution in [-0.2, 0) is 6.42 Å². The normalized spacial score (nSPS) is 10.2. The Kier molecular flexibility index (Phi) is 3.35. The van der Waals surface area contributed by atoms with Gasteiger partial charge in [0.05, 0.1) is 0 Å². The minimum atomic E-state index is 0.319. The van der Waals surface area contributed by atoms with E-state index < -0.39 is 0 Å². The molecule has 66 valence electrons. The molecule has 0 atom stereocenters. The molecular weight excluding hydrogens is 188 g/mol. The molecule has 0 heterocycles. The van der Waals surface area contributed by atoms with Gasteiger partial charge in [-0.05, 0) is 18.6 Å². The molecule has 0 aliphatic carbocycles. The highest BCUT2D eigenvalue weighted by atomic mass is 32.1. The fourth-order valence-electron chi connectivity index (χ4n) is 1.11. The summed E-state index contributed by atoms with van der Waals surface area (Å²) in [6.07, 6.45) is 1.84. The maximum Gasteiger partial charge on any atom is 0.119 e. The van der Waals surface area contributed by atoms with Gasteiger partial charge in [-0.25, -0.2) is 0 Å². The summed E-state index contributed by atoms with van der Waals surface area (Å²) in [6, 6.07) is 3.41. The molecule has 0 bridgehead atoms. The number of thiol groups is 2. The van der Waals surface area contributed by atoms with Crippen molar-refractivity contribution < 1.29 is 5.11 Å². The third-order valence-electron chi connectivity index (χ3n) is 1.74. The molecule has 1 aromatic carbocycles. The average molecular weight is 200 g/mol. The third kappa shape index (κ3) is 1.90. The third-order valence-corrected chi connectivity index (χ3v) is 2.80. The molecular formula is C9H12OS2. The van der Waals surface area contributed by atoms with Crippen LogP contribution in [0.4, 0.5) is 0 Å². The quantitative estimate of drug-likeness (QED) is 0.627. The molecule has 0 aromatic heterocycles. The topological polar surface area (TPSA) is 20.2 Å². The van der Waals surface area contributed by atoms with Gasteiger partial charge in [-0.1, -0.05) is 13.3 Å². The molecule has 0 amide bonds. The van der Waals surface area contributed by atoms with E-state index in [-0.39, 0.29) is 0 Å². The second kappa shape index (κ2) is 4.10. The Bertz CT molecular complexity index is 284. The first-order valence-corrected chi connectivity index (χ1v) is 4.79. The van der Waals surface area contributed by atoms with E-state index in [2.05, 4.69) is 32.2 Å². The van der Waals surface area contributed by atoms with Gasteiger partial charge in [0.1, 0.15) is 5.75 Å². The van der Waals surface area contributed by atoms with Crippen molar-refractivity contribution >= 4 is 25.3 Å². The summed E-state index contributed by atoms with van der Waals surface area (Å²) in [7, 11) is 0. The molecule has 1 aromatic rings. The Labute approximate surface area is 83.6 Å². The van der Waals surface area contributed by atoms with Gasteiger partial charge in [-0.15, -0.1) is 25.3 Å². The molecule has 12 heavy (non-hydrogen) atoms. The maximum absolute atomic E-state index is 9.46. The lowest BCUT2D eigenvalue weighted by Gasteiger charge is -2.07. The largest absolute Gasteiger partial charge is 0.508 e. The molecule has 0 radical (unpaired) electrons. The van der Waals surface area contributed by atoms with Gasteiger partial charge in [0, 0.05) is 15.4 Å². The van der Waals surface area contributed by atoms with Crippen LogP contribution in [0.25, 0.3) is 0 Å². The Hall–Kier alpha value is -0.280. The van der Waals surface area contributed by atoms with Crippen molar-refractivity contribution in [2.75, 3.05) is 0 Å². The molecule has 0 unspecified atom stereocenters. The van der Waals surface area contributed by atoms with Crippen LogP contribution in [0.15, 0.2) is 21.9 Å². The molecule has 1 N–H and O–H groups in total. The number of hydrogen-bond donors (Lipinski definition) is 3. The van der Waals surface area contributed by atoms with Crippen LogP contribution in [0.2, 0.25) is 0 Å². The summed E-state index contributed by atoms with van der Waals surface area (Å²) < 4.78 is 0. The van der Waals surface area contributed by atoms with Gasteiger partial charge in [0.25, 0.3) is 0 Å². The van der Waals surface area contributed by atoms with E-state index in [1.165, 1.54) is 0 Å². The van der Waals surface area contributed by atoms with Crippen molar-refractivity contribution in [3.63, 3.8) is 0 Å². The second-order valence-corrected chi connectivity index (χ2v) is 3.61. The van der Waals surface area contributed by atoms with Crippen LogP contribution in [0, 0.1) is 0 Å². The lowest BCUT2D eigenvalue weighted by molar-refractivity contribution is 0.464. The lowest BCUT2D eigenvalue weighted by Crippen LogP contribution is -1.87. The number of hydrogen-bond acceptors (Lipinski definition) is 3. The first-order valence-electron chi connectivity index (χ1n) is 3.89. The SMILES string of the molecule is CCCc1c(O)ccc(S)c1S. The average Bonchev–Trinajstić information content (AvgIpc) is 2.06. The first kappa shape index (κ1) is 9.81. The minimum absolute atomic E-state index is 0.319. The molecule has 1 rings (SSSR count). The highest BCUT2D eigenvalue weighted by Crippen LogP contribution is 2.30. The van der Waals surface area contributed by atoms with Gasteiger partial charge in [-0.2, -0.15) is 0 Å². The molecule has 0 spiro atoms. The van der Waals surface area contributed by atoms with E-state index in [1.54, 1.807) is 12.1 Å². The van der Waals surface area contributed by atoms with Gasteiger partial charge < -0.3 is 5.11 Å². The highest BCUT2D eigenvalue weighted by Gasteiger charge is 2.06. The van der Waals surface area contributed by atoms with Crippen molar-refractivity contribution in [1.82, 2.24) is 0 Å². The predicted octanol–water partition coefficient (Wildman–Crippen LogP) is 2.92. The van der Waals surface area contributed by atoms with Gasteiger partial charge in [-0.3, -0.25) is 0 Å². The van der Waals surface area contributed by atoms with Crippen LogP contribution >= 0.6 is 25.3 Å². The Balaban J connectivity index is 3.14. The minimum Gasteiger partial charge on any atom is -0.508 e. The van der Waals surface area contributed by atoms with Crippen molar-refractivity contribution in [3.8, 4) is 5.75 Å². The molecule has 0 aliphatic heterocycles. The smallest absolute Gasteiger partial charge is 0.119 e. The van der Waals surface area contributed by atoms with Crippen molar-refractivity contribution in [2.45, 2.75) is 29.6 Å². The summed E-state index contributed by atoms with van der Waals surface area (Å²) in [4.78, 5) is 1.61. The standard InChI is InChI=1S/C9H12OS2/c1-2-3-6-7(10)4-5-8(11)9(6)12/h4-5,10-12H,2-3H2,1H3. The number of benzene rings is 1. The van der Waals surface area contributed by atoms with E-state index in [0.717, 1.165) is 28.2 Å². The number of phenols is 1. The zero-order valence-electron chi connectivity index (χ0n) is 6.91. The van der Waals surface area contributed by atoms with E-state index in [9.17, 15) is 5.11 Å². The molecule has 0 aliphatic rings. The Morgan fingerprint density at radius 1 is 1.33 bits per heavy atom. The van der Waals surface area contributed by atoms with Crippen molar-refractivity contribution in [1.29, 1.82) is 0 Å². The predicted molar refractivity (Wildman–Crippen MR) is 56.6 cm³/mol. The molecule has 0 fully saturated rings. The number of rotatable bonds is 2. The van der Waals surface area contributed by atoms with E-state index >= 15 is 0 Å². The van der Waals surface area contributed by atoms with Gasteiger partial charge >= 0.3 is 0 Å². The fourth-order valence-corrected chi connectivity index (χ4v) is 1.62. The zero-order chi connectivity index (χ0) is 9.14. The molecule has 3 heteroatoms. The number of phenolic OH excluding ortho intramolecular Hbond substituents is 1. The van der Waals surface area contributed by atoms with Crippen molar-refractivity contribution in [2.24, 2.45) is 0 Å². The Morgan fingerprint density at radius 3 is 2.58 bits per heavy atom. The summed E-state index contributed by atoms with van der Waals surface area (Å²) in [5.41, 5.74) is 0.897. The van der Waals surface area contributed by atoms with Crippen LogP contribution in [0.1, 0.15) is 18.9 Å². The summed E-state index contributed by atoms with van der Waals surface area (Å²) in [6.45, 7) is 2.07. The van der Waals surface area contributed by atoms with Crippen LogP contribution < -0.4 is 0 Å². The van der Waals surface area contributed by atoms with Crippen LogP contribution in [0.5, 0.6) is 5.75 Å². The van der Waals surface area contributed by atoms with Crippen molar-refractivity contribution in [3.05, 3.63) is 17.7 Å². The summed E-state index contributed by atoms with van der Waals surface area (Å²) >= 11 is 8.50. The van der Waals surface area contributed by atoms with E-state index in [0.29, 0.717) is 5.75 Å². The fraction of sp³-hybridized carbons (Fsp3) is 0.333. The van der Waals surface area contributed by atoms with E-state index in [4.69, 9.17) is 0 Å². The maximum atomic E-state index is 9.46. The number of aromatic hydroxyl groups is 1. The van der Waals surface area contributed by atoms with Crippen LogP contribution in [0.3, 0.4) is 0 Å². The van der Waals surface area contributed by atoms with E-state index in [1.807, 2.05) is 0 Å². The lowest BCUT2D eigenvalue weighted by atomic mass is 10.1. The monoisotopic (exact) mass is 200 g/mol. The molecule has 0 saturated heterocycles. The zero-order valence-corrected chi connectivity index (χ0v) is 8.70. The first-order chi connectivity index (χ1) is 5.66. The van der Waals surface area contributed by atoms with Gasteiger partial charge in [0.2, 0.25) is 0 Å². The second-order valence-electron chi connectivity index (χ2n) is 2.68. The molecule has 0 saturated carbocycles. The van der Waals surface area contributed by atoms with Crippen LogP contribution in [-0.4, -0.2) is 5.11 Å². The van der Waals surface area contributed by atoms with Gasteiger partial charge in [0.15, 0.2) is 0 Å². The highest BCUT2D eigenvalue weighted by molar-refractivity contribution is 7.83. The Morgan fingerprint density at radius 2 is 2.00 bits per heavy atom. The summed E-state index contributed by atoms with van der Waals surface area (Å²) in [5.74, 6) is 0.319. The molecule has 1 nitrogen and oxygen atoms in total.